The Balaban J connectivity index is 1.65. The van der Waals surface area contributed by atoms with E-state index in [9.17, 15) is 14.0 Å². The number of hydrogen-bond acceptors (Lipinski definition) is 5. The fourth-order valence-electron chi connectivity index (χ4n) is 3.21. The minimum absolute atomic E-state index is 0.0971. The van der Waals surface area contributed by atoms with Crippen LogP contribution in [0.3, 0.4) is 0 Å². The molecule has 0 amide bonds. The predicted molar refractivity (Wildman–Crippen MR) is 101 cm³/mol. The maximum atomic E-state index is 13.5. The van der Waals surface area contributed by atoms with Gasteiger partial charge in [0.2, 0.25) is 0 Å². The average molecular weight is 384 g/mol. The number of hydrogen-bond donors (Lipinski definition) is 1. The van der Waals surface area contributed by atoms with Gasteiger partial charge < -0.3 is 0 Å². The number of thioether (sulfide) groups is 1. The first-order chi connectivity index (χ1) is 13.1. The van der Waals surface area contributed by atoms with Gasteiger partial charge in [-0.2, -0.15) is 0 Å². The van der Waals surface area contributed by atoms with Crippen LogP contribution < -0.4 is 11.2 Å². The molecule has 1 aromatic carbocycles. The number of halogens is 1. The van der Waals surface area contributed by atoms with Crippen molar-refractivity contribution >= 4 is 22.8 Å². The molecule has 0 saturated heterocycles. The van der Waals surface area contributed by atoms with Crippen LogP contribution in [0.2, 0.25) is 0 Å². The molecule has 0 bridgehead atoms. The summed E-state index contributed by atoms with van der Waals surface area (Å²) in [5.41, 5.74) is 0.379. The minimum atomic E-state index is -0.462. The highest BCUT2D eigenvalue weighted by Gasteiger charge is 2.32. The van der Waals surface area contributed by atoms with Gasteiger partial charge in [0, 0.05) is 17.7 Å². The van der Waals surface area contributed by atoms with Gasteiger partial charge in [-0.15, -0.1) is 11.8 Å². The summed E-state index contributed by atoms with van der Waals surface area (Å²) in [6.45, 7) is 0. The monoisotopic (exact) mass is 384 g/mol. The molecular weight excluding hydrogens is 367 g/mol. The van der Waals surface area contributed by atoms with Crippen LogP contribution in [0.1, 0.15) is 49.0 Å². The molecule has 2 aliphatic rings. The third-order valence-corrected chi connectivity index (χ3v) is 5.93. The number of rotatable bonds is 5. The molecule has 2 saturated carbocycles. The fourth-order valence-corrected chi connectivity index (χ4v) is 4.18. The van der Waals surface area contributed by atoms with Gasteiger partial charge in [0.1, 0.15) is 22.1 Å². The van der Waals surface area contributed by atoms with Crippen LogP contribution >= 0.6 is 11.8 Å². The quantitative estimate of drug-likeness (QED) is 0.540. The van der Waals surface area contributed by atoms with Crippen molar-refractivity contribution in [1.82, 2.24) is 19.5 Å². The summed E-state index contributed by atoms with van der Waals surface area (Å²) in [4.78, 5) is 36.6. The summed E-state index contributed by atoms with van der Waals surface area (Å²) in [7, 11) is 0. The third-order valence-electron chi connectivity index (χ3n) is 4.89. The molecule has 0 aliphatic heterocycles. The van der Waals surface area contributed by atoms with Crippen LogP contribution in [-0.4, -0.2) is 19.5 Å². The Labute approximate surface area is 157 Å². The number of H-pyrrole nitrogens is 1. The van der Waals surface area contributed by atoms with E-state index in [1.807, 2.05) is 6.07 Å². The van der Waals surface area contributed by atoms with Gasteiger partial charge in [0.05, 0.1) is 0 Å². The molecule has 2 heterocycles. The Hall–Kier alpha value is -2.48. The molecule has 2 fully saturated rings. The normalized spacial score (nSPS) is 16.8. The zero-order valence-electron chi connectivity index (χ0n) is 14.4. The van der Waals surface area contributed by atoms with Crippen molar-refractivity contribution in [3.63, 3.8) is 0 Å². The van der Waals surface area contributed by atoms with Gasteiger partial charge in [-0.25, -0.2) is 19.2 Å². The molecule has 6 nitrogen and oxygen atoms in total. The van der Waals surface area contributed by atoms with Gasteiger partial charge in [0.15, 0.2) is 5.65 Å². The first-order valence-electron chi connectivity index (χ1n) is 9.04. The van der Waals surface area contributed by atoms with Gasteiger partial charge in [-0.05, 0) is 43.4 Å². The van der Waals surface area contributed by atoms with E-state index in [1.165, 1.54) is 23.9 Å². The largest absolute Gasteiger partial charge is 0.330 e. The molecule has 8 heteroatoms. The number of nitrogens with one attached hydrogen (secondary N) is 1. The van der Waals surface area contributed by atoms with E-state index in [4.69, 9.17) is 0 Å². The molecule has 0 unspecified atom stereocenters. The van der Waals surface area contributed by atoms with Gasteiger partial charge in [-0.3, -0.25) is 14.3 Å². The highest BCUT2D eigenvalue weighted by atomic mass is 32.2. The van der Waals surface area contributed by atoms with E-state index in [2.05, 4.69) is 15.0 Å². The van der Waals surface area contributed by atoms with Crippen molar-refractivity contribution in [3.8, 4) is 0 Å². The maximum absolute atomic E-state index is 13.5. The van der Waals surface area contributed by atoms with Crippen LogP contribution in [0.5, 0.6) is 0 Å². The van der Waals surface area contributed by atoms with Gasteiger partial charge >= 0.3 is 5.69 Å². The van der Waals surface area contributed by atoms with E-state index in [1.54, 1.807) is 10.6 Å². The van der Waals surface area contributed by atoms with Crippen LogP contribution in [0.4, 0.5) is 4.39 Å². The molecule has 138 valence electrons. The topological polar surface area (TPSA) is 80.6 Å². The van der Waals surface area contributed by atoms with E-state index in [-0.39, 0.29) is 11.9 Å². The second-order valence-electron chi connectivity index (χ2n) is 7.14. The van der Waals surface area contributed by atoms with E-state index < -0.39 is 11.2 Å². The molecule has 1 N–H and O–H groups in total. The average Bonchev–Trinajstić information content (AvgIpc) is 3.52. The second kappa shape index (κ2) is 6.30. The Morgan fingerprint density at radius 3 is 2.70 bits per heavy atom. The first kappa shape index (κ1) is 16.7. The summed E-state index contributed by atoms with van der Waals surface area (Å²) < 4.78 is 15.1. The van der Waals surface area contributed by atoms with E-state index >= 15 is 0 Å². The molecule has 5 rings (SSSR count). The molecule has 3 aromatic rings. The Morgan fingerprint density at radius 2 is 2.00 bits per heavy atom. The minimum Gasteiger partial charge on any atom is -0.274 e. The van der Waals surface area contributed by atoms with Crippen molar-refractivity contribution in [1.29, 1.82) is 0 Å². The van der Waals surface area contributed by atoms with Crippen molar-refractivity contribution in [2.75, 3.05) is 0 Å². The Kier molecular flexibility index (Phi) is 3.89. The molecule has 2 aromatic heterocycles. The highest BCUT2D eigenvalue weighted by molar-refractivity contribution is 7.98. The van der Waals surface area contributed by atoms with Crippen molar-refractivity contribution in [2.45, 2.75) is 48.4 Å². The second-order valence-corrected chi connectivity index (χ2v) is 8.10. The number of nitrogens with zero attached hydrogens (tertiary/aromatic N) is 3. The lowest BCUT2D eigenvalue weighted by atomic mass is 10.2. The number of benzene rings is 1. The standard InChI is InChI=1S/C19H17FN4O2S/c20-12-3-1-2-10(8-12)9-27-18-14-16(21-15(22-18)11-4-5-11)24(13-6-7-13)19(26)23-17(14)25/h1-3,8,11,13H,4-7,9H2,(H,23,25,26). The molecule has 0 radical (unpaired) electrons. The lowest BCUT2D eigenvalue weighted by molar-refractivity contribution is 0.626. The molecule has 2 aliphatic carbocycles. The summed E-state index contributed by atoms with van der Waals surface area (Å²) in [6.07, 6.45) is 3.87. The fraction of sp³-hybridized carbons (Fsp3) is 0.368. The molecule has 27 heavy (non-hydrogen) atoms. The smallest absolute Gasteiger partial charge is 0.274 e. The maximum Gasteiger partial charge on any atom is 0.330 e. The Bertz CT molecular complexity index is 1160. The summed E-state index contributed by atoms with van der Waals surface area (Å²) in [5, 5.41) is 0.911. The number of aromatic amines is 1. The lowest BCUT2D eigenvalue weighted by Gasteiger charge is -2.12. The van der Waals surface area contributed by atoms with E-state index in [0.29, 0.717) is 33.6 Å². The molecule has 0 spiro atoms. The molecular formula is C19H17FN4O2S. The zero-order chi connectivity index (χ0) is 18.5. The SMILES string of the molecule is O=c1[nH]c(=O)n(C2CC2)c2nc(C3CC3)nc(SCc3cccc(F)c3)c12. The predicted octanol–water partition coefficient (Wildman–Crippen LogP) is 3.12. The third kappa shape index (κ3) is 3.18. The number of fused-ring (bicyclic) bond motifs is 1. The zero-order valence-corrected chi connectivity index (χ0v) is 15.3. The summed E-state index contributed by atoms with van der Waals surface area (Å²) >= 11 is 1.38. The van der Waals surface area contributed by atoms with Crippen LogP contribution in [0, 0.1) is 5.82 Å². The van der Waals surface area contributed by atoms with Crippen LogP contribution in [0.25, 0.3) is 11.0 Å². The first-order valence-corrected chi connectivity index (χ1v) is 10.0. The van der Waals surface area contributed by atoms with Crippen LogP contribution in [0.15, 0.2) is 38.9 Å². The van der Waals surface area contributed by atoms with E-state index in [0.717, 1.165) is 31.2 Å². The number of aromatic nitrogens is 4. The Morgan fingerprint density at radius 1 is 1.19 bits per heavy atom. The summed E-state index contributed by atoms with van der Waals surface area (Å²) in [6, 6.07) is 6.48. The van der Waals surface area contributed by atoms with Crippen molar-refractivity contribution in [3.05, 3.63) is 62.3 Å². The highest BCUT2D eigenvalue weighted by Crippen LogP contribution is 2.41. The van der Waals surface area contributed by atoms with Crippen molar-refractivity contribution < 1.29 is 4.39 Å². The lowest BCUT2D eigenvalue weighted by Crippen LogP contribution is -2.31. The van der Waals surface area contributed by atoms with Gasteiger partial charge in [0.25, 0.3) is 5.56 Å². The summed E-state index contributed by atoms with van der Waals surface area (Å²) in [5.74, 6) is 1.18. The van der Waals surface area contributed by atoms with Gasteiger partial charge in [-0.1, -0.05) is 12.1 Å². The van der Waals surface area contributed by atoms with Crippen molar-refractivity contribution in [2.24, 2.45) is 0 Å². The molecule has 0 atom stereocenters. The van der Waals surface area contributed by atoms with Crippen LogP contribution in [-0.2, 0) is 5.75 Å².